The van der Waals surface area contributed by atoms with Crippen LogP contribution >= 0.6 is 0 Å². The molecule has 0 bridgehead atoms. The number of carbonyl (C=O) groups is 2. The van der Waals surface area contributed by atoms with Crippen LogP contribution in [-0.4, -0.2) is 47.6 Å². The molecule has 108 valence electrons. The van der Waals surface area contributed by atoms with Crippen molar-refractivity contribution in [2.75, 3.05) is 19.6 Å². The predicted octanol–water partition coefficient (Wildman–Crippen LogP) is 0.713. The van der Waals surface area contributed by atoms with Crippen molar-refractivity contribution in [3.63, 3.8) is 0 Å². The van der Waals surface area contributed by atoms with Gasteiger partial charge in [-0.1, -0.05) is 12.1 Å². The summed E-state index contributed by atoms with van der Waals surface area (Å²) in [6.45, 7) is 1.11. The van der Waals surface area contributed by atoms with Crippen molar-refractivity contribution in [1.82, 2.24) is 4.90 Å². The Morgan fingerprint density at radius 2 is 2.15 bits per heavy atom. The largest absolute Gasteiger partial charge is 0.488 e. The topological polar surface area (TPSA) is 92.9 Å². The van der Waals surface area contributed by atoms with Gasteiger partial charge in [0.15, 0.2) is 0 Å². The fourth-order valence-electron chi connectivity index (χ4n) is 2.32. The van der Waals surface area contributed by atoms with Gasteiger partial charge in [-0.25, -0.2) is 4.79 Å². The standard InChI is InChI=1S/C14H18N2O4/c15-8-13(17)16-7-3-4-10(9-16)20-12-6-2-1-5-11(12)14(18)19/h1-2,5-6,10H,3-4,7-9,15H2,(H,18,19). The minimum absolute atomic E-state index is 0.0154. The number of ether oxygens (including phenoxy) is 1. The first-order valence-corrected chi connectivity index (χ1v) is 6.58. The van der Waals surface area contributed by atoms with Crippen LogP contribution < -0.4 is 10.5 Å². The van der Waals surface area contributed by atoms with Gasteiger partial charge in [-0.2, -0.15) is 0 Å². The lowest BCUT2D eigenvalue weighted by molar-refractivity contribution is -0.132. The molecule has 20 heavy (non-hydrogen) atoms. The molecule has 6 nitrogen and oxygen atoms in total. The van der Waals surface area contributed by atoms with Crippen molar-refractivity contribution in [2.45, 2.75) is 18.9 Å². The molecule has 0 spiro atoms. The average molecular weight is 278 g/mol. The average Bonchev–Trinajstić information content (AvgIpc) is 2.47. The minimum atomic E-state index is -1.02. The molecule has 0 radical (unpaired) electrons. The molecule has 1 aliphatic rings. The Morgan fingerprint density at radius 3 is 2.85 bits per heavy atom. The molecule has 1 aromatic rings. The van der Waals surface area contributed by atoms with Gasteiger partial charge in [0.1, 0.15) is 17.4 Å². The number of rotatable bonds is 4. The minimum Gasteiger partial charge on any atom is -0.488 e. The molecule has 1 aliphatic heterocycles. The second kappa shape index (κ2) is 6.38. The SMILES string of the molecule is NCC(=O)N1CCCC(Oc2ccccc2C(=O)O)C1. The van der Waals surface area contributed by atoms with Gasteiger partial charge in [0, 0.05) is 6.54 Å². The summed E-state index contributed by atoms with van der Waals surface area (Å²) < 4.78 is 5.76. The maximum Gasteiger partial charge on any atom is 0.339 e. The second-order valence-corrected chi connectivity index (χ2v) is 4.73. The second-order valence-electron chi connectivity index (χ2n) is 4.73. The number of para-hydroxylation sites is 1. The van der Waals surface area contributed by atoms with E-state index in [9.17, 15) is 9.59 Å². The Bertz CT molecular complexity index is 504. The third-order valence-corrected chi connectivity index (χ3v) is 3.32. The number of benzene rings is 1. The number of nitrogens with zero attached hydrogens (tertiary/aromatic N) is 1. The molecule has 0 aliphatic carbocycles. The van der Waals surface area contributed by atoms with Gasteiger partial charge in [0.05, 0.1) is 13.1 Å². The lowest BCUT2D eigenvalue weighted by atomic mass is 10.1. The number of nitrogens with two attached hydrogens (primary N) is 1. The fourth-order valence-corrected chi connectivity index (χ4v) is 2.32. The van der Waals surface area contributed by atoms with E-state index in [0.29, 0.717) is 18.8 Å². The number of likely N-dealkylation sites (tertiary alicyclic amines) is 1. The lowest BCUT2D eigenvalue weighted by Gasteiger charge is -2.33. The molecular formula is C14H18N2O4. The van der Waals surface area contributed by atoms with Gasteiger partial charge in [-0.05, 0) is 25.0 Å². The summed E-state index contributed by atoms with van der Waals surface area (Å²) in [5, 5.41) is 9.11. The normalized spacial score (nSPS) is 18.6. The van der Waals surface area contributed by atoms with Crippen molar-refractivity contribution in [3.05, 3.63) is 29.8 Å². The van der Waals surface area contributed by atoms with E-state index in [2.05, 4.69) is 0 Å². The predicted molar refractivity (Wildman–Crippen MR) is 72.7 cm³/mol. The van der Waals surface area contributed by atoms with Crippen LogP contribution in [0.15, 0.2) is 24.3 Å². The summed E-state index contributed by atoms with van der Waals surface area (Å²) in [6.07, 6.45) is 1.42. The lowest BCUT2D eigenvalue weighted by Crippen LogP contribution is -2.46. The molecule has 6 heteroatoms. The van der Waals surface area contributed by atoms with Gasteiger partial charge in [0.2, 0.25) is 5.91 Å². The number of hydrogen-bond donors (Lipinski definition) is 2. The van der Waals surface area contributed by atoms with E-state index in [-0.39, 0.29) is 24.1 Å². The van der Waals surface area contributed by atoms with E-state index in [1.807, 2.05) is 0 Å². The van der Waals surface area contributed by atoms with Crippen LogP contribution in [0.1, 0.15) is 23.2 Å². The number of carbonyl (C=O) groups excluding carboxylic acids is 1. The zero-order valence-electron chi connectivity index (χ0n) is 11.1. The fraction of sp³-hybridized carbons (Fsp3) is 0.429. The van der Waals surface area contributed by atoms with Crippen LogP contribution in [0.25, 0.3) is 0 Å². The summed E-state index contributed by atoms with van der Waals surface area (Å²) >= 11 is 0. The van der Waals surface area contributed by atoms with Crippen LogP contribution in [0.5, 0.6) is 5.75 Å². The number of carboxylic acid groups (broad SMARTS) is 1. The van der Waals surface area contributed by atoms with E-state index in [1.165, 1.54) is 6.07 Å². The molecule has 1 fully saturated rings. The van der Waals surface area contributed by atoms with E-state index in [0.717, 1.165) is 12.8 Å². The quantitative estimate of drug-likeness (QED) is 0.846. The highest BCUT2D eigenvalue weighted by Gasteiger charge is 2.25. The summed E-state index contributed by atoms with van der Waals surface area (Å²) in [5.41, 5.74) is 5.49. The maximum atomic E-state index is 11.6. The van der Waals surface area contributed by atoms with Crippen molar-refractivity contribution in [3.8, 4) is 5.75 Å². The third kappa shape index (κ3) is 3.27. The van der Waals surface area contributed by atoms with Gasteiger partial charge < -0.3 is 20.5 Å². The molecule has 1 amide bonds. The van der Waals surface area contributed by atoms with Gasteiger partial charge >= 0.3 is 5.97 Å². The van der Waals surface area contributed by atoms with Crippen LogP contribution in [0.3, 0.4) is 0 Å². The summed E-state index contributed by atoms with van der Waals surface area (Å²) in [4.78, 5) is 24.4. The Balaban J connectivity index is 2.06. The molecule has 1 atom stereocenters. The number of hydrogen-bond acceptors (Lipinski definition) is 4. The first-order valence-electron chi connectivity index (χ1n) is 6.58. The highest BCUT2D eigenvalue weighted by atomic mass is 16.5. The highest BCUT2D eigenvalue weighted by Crippen LogP contribution is 2.22. The first-order chi connectivity index (χ1) is 9.61. The molecule has 1 unspecified atom stereocenters. The number of carboxylic acids is 1. The van der Waals surface area contributed by atoms with Crippen molar-refractivity contribution >= 4 is 11.9 Å². The van der Waals surface area contributed by atoms with Crippen LogP contribution in [-0.2, 0) is 4.79 Å². The highest BCUT2D eigenvalue weighted by molar-refractivity contribution is 5.90. The Labute approximate surface area is 117 Å². The molecule has 0 aromatic heterocycles. The summed E-state index contributed by atoms with van der Waals surface area (Å²) in [7, 11) is 0. The zero-order chi connectivity index (χ0) is 14.5. The third-order valence-electron chi connectivity index (χ3n) is 3.32. The summed E-state index contributed by atoms with van der Waals surface area (Å²) in [5.74, 6) is -0.789. The zero-order valence-corrected chi connectivity index (χ0v) is 11.1. The molecule has 1 aromatic carbocycles. The van der Waals surface area contributed by atoms with E-state index >= 15 is 0 Å². The Kier molecular flexibility index (Phi) is 4.57. The molecule has 1 heterocycles. The monoisotopic (exact) mass is 278 g/mol. The van der Waals surface area contributed by atoms with Crippen LogP contribution in [0.4, 0.5) is 0 Å². The molecule has 3 N–H and O–H groups in total. The van der Waals surface area contributed by atoms with Gasteiger partial charge in [-0.15, -0.1) is 0 Å². The van der Waals surface area contributed by atoms with Gasteiger partial charge in [-0.3, -0.25) is 4.79 Å². The van der Waals surface area contributed by atoms with E-state index < -0.39 is 5.97 Å². The summed E-state index contributed by atoms with van der Waals surface area (Å²) in [6, 6.07) is 6.52. The van der Waals surface area contributed by atoms with E-state index in [4.69, 9.17) is 15.6 Å². The molecule has 0 saturated carbocycles. The number of piperidine rings is 1. The molecule has 2 rings (SSSR count). The number of amides is 1. The smallest absolute Gasteiger partial charge is 0.339 e. The van der Waals surface area contributed by atoms with Crippen molar-refractivity contribution < 1.29 is 19.4 Å². The molecule has 1 saturated heterocycles. The van der Waals surface area contributed by atoms with Crippen LogP contribution in [0.2, 0.25) is 0 Å². The Hall–Kier alpha value is -2.08. The van der Waals surface area contributed by atoms with Crippen molar-refractivity contribution in [2.24, 2.45) is 5.73 Å². The number of aromatic carboxylic acids is 1. The molecular weight excluding hydrogens is 260 g/mol. The van der Waals surface area contributed by atoms with Gasteiger partial charge in [0.25, 0.3) is 0 Å². The Morgan fingerprint density at radius 1 is 1.40 bits per heavy atom. The van der Waals surface area contributed by atoms with Crippen molar-refractivity contribution in [1.29, 1.82) is 0 Å². The maximum absolute atomic E-state index is 11.6. The van der Waals surface area contributed by atoms with E-state index in [1.54, 1.807) is 23.1 Å². The first kappa shape index (κ1) is 14.3. The van der Waals surface area contributed by atoms with Crippen LogP contribution in [0, 0.1) is 0 Å².